The smallest absolute Gasteiger partial charge is 0.119 e. The van der Waals surface area contributed by atoms with Crippen molar-refractivity contribution in [2.75, 3.05) is 13.2 Å². The average Bonchev–Trinajstić information content (AvgIpc) is 2.93. The number of nitrogens with two attached hydrogens (primary N) is 1. The molecular weight excluding hydrogens is 298 g/mol. The summed E-state index contributed by atoms with van der Waals surface area (Å²) in [6, 6.07) is 14.5. The summed E-state index contributed by atoms with van der Waals surface area (Å²) in [5.74, 6) is 1.92. The first-order chi connectivity index (χ1) is 11.6. The highest BCUT2D eigenvalue weighted by atomic mass is 16.5. The van der Waals surface area contributed by atoms with Gasteiger partial charge in [-0.2, -0.15) is 0 Å². The first-order valence-electron chi connectivity index (χ1n) is 8.46. The van der Waals surface area contributed by atoms with Crippen molar-refractivity contribution in [3.05, 3.63) is 59.4 Å². The maximum Gasteiger partial charge on any atom is 0.119 e. The van der Waals surface area contributed by atoms with Gasteiger partial charge in [0.15, 0.2) is 0 Å². The fourth-order valence-electron chi connectivity index (χ4n) is 2.95. The molecule has 4 nitrogen and oxygen atoms in total. The molecule has 3 rings (SSSR count). The lowest BCUT2D eigenvalue weighted by atomic mass is 10.1. The van der Waals surface area contributed by atoms with Gasteiger partial charge in [-0.15, -0.1) is 0 Å². The average molecular weight is 323 g/mol. The Morgan fingerprint density at radius 2 is 1.83 bits per heavy atom. The molecule has 0 bridgehead atoms. The zero-order valence-electron chi connectivity index (χ0n) is 14.6. The van der Waals surface area contributed by atoms with E-state index in [2.05, 4.69) is 37.5 Å². The lowest BCUT2D eigenvalue weighted by Gasteiger charge is -2.16. The topological polar surface area (TPSA) is 53.1 Å². The molecule has 1 atom stereocenters. The number of aryl methyl sites for hydroxylation is 2. The van der Waals surface area contributed by atoms with Gasteiger partial charge < -0.3 is 15.0 Å². The Bertz CT molecular complexity index is 824. The first-order valence-corrected chi connectivity index (χ1v) is 8.46. The molecule has 1 heterocycles. The number of nitrogens with zero attached hydrogens (tertiary/aromatic N) is 2. The van der Waals surface area contributed by atoms with E-state index >= 15 is 0 Å². The van der Waals surface area contributed by atoms with Crippen molar-refractivity contribution >= 4 is 11.0 Å². The fraction of sp³-hybridized carbons (Fsp3) is 0.350. The Kier molecular flexibility index (Phi) is 4.86. The molecule has 1 unspecified atom stereocenters. The lowest BCUT2D eigenvalue weighted by molar-refractivity contribution is 0.315. The maximum atomic E-state index is 5.93. The summed E-state index contributed by atoms with van der Waals surface area (Å²) in [5, 5.41) is 0. The van der Waals surface area contributed by atoms with Crippen molar-refractivity contribution in [2.24, 2.45) is 5.73 Å². The van der Waals surface area contributed by atoms with Crippen molar-refractivity contribution in [3.63, 3.8) is 0 Å². The molecule has 0 saturated heterocycles. The summed E-state index contributed by atoms with van der Waals surface area (Å²) < 4.78 is 8.10. The van der Waals surface area contributed by atoms with E-state index in [1.165, 1.54) is 11.1 Å². The predicted molar refractivity (Wildman–Crippen MR) is 98.6 cm³/mol. The third kappa shape index (κ3) is 3.29. The number of hydrogen-bond donors (Lipinski definition) is 1. The summed E-state index contributed by atoms with van der Waals surface area (Å²) in [4.78, 5) is 4.84. The predicted octanol–water partition coefficient (Wildman–Crippen LogP) is 3.79. The van der Waals surface area contributed by atoms with Crippen molar-refractivity contribution in [2.45, 2.75) is 33.2 Å². The van der Waals surface area contributed by atoms with Crippen molar-refractivity contribution in [3.8, 4) is 5.75 Å². The second kappa shape index (κ2) is 7.05. The number of benzene rings is 2. The molecule has 2 N–H and O–H groups in total. The fourth-order valence-corrected chi connectivity index (χ4v) is 2.95. The zero-order valence-corrected chi connectivity index (χ0v) is 14.6. The summed E-state index contributed by atoms with van der Waals surface area (Å²) >= 11 is 0. The molecule has 24 heavy (non-hydrogen) atoms. The van der Waals surface area contributed by atoms with Crippen LogP contribution in [-0.4, -0.2) is 22.7 Å². The summed E-state index contributed by atoms with van der Waals surface area (Å²) in [6.45, 7) is 7.58. The third-order valence-corrected chi connectivity index (χ3v) is 4.50. The van der Waals surface area contributed by atoms with E-state index in [1.807, 2.05) is 30.3 Å². The summed E-state index contributed by atoms with van der Waals surface area (Å²) in [7, 11) is 0. The highest BCUT2D eigenvalue weighted by Crippen LogP contribution is 2.24. The van der Waals surface area contributed by atoms with Gasteiger partial charge in [0.2, 0.25) is 0 Å². The molecular formula is C20H25N3O. The number of ether oxygens (including phenoxy) is 1. The van der Waals surface area contributed by atoms with Crippen molar-refractivity contribution in [1.82, 2.24) is 9.55 Å². The molecule has 126 valence electrons. The molecule has 2 aromatic carbocycles. The van der Waals surface area contributed by atoms with E-state index in [1.54, 1.807) is 0 Å². The molecule has 4 heteroatoms. The monoisotopic (exact) mass is 323 g/mol. The Balaban J connectivity index is 1.88. The Morgan fingerprint density at radius 1 is 1.12 bits per heavy atom. The molecule has 1 aromatic heterocycles. The van der Waals surface area contributed by atoms with E-state index in [9.17, 15) is 0 Å². The van der Waals surface area contributed by atoms with Crippen LogP contribution in [0.3, 0.4) is 0 Å². The van der Waals surface area contributed by atoms with Crippen LogP contribution in [0.5, 0.6) is 5.75 Å². The molecule has 0 radical (unpaired) electrons. The number of hydrogen-bond acceptors (Lipinski definition) is 3. The maximum absolute atomic E-state index is 5.93. The SMILES string of the molecule is Cc1cc2nc(CCOc3ccccc3)n(C(C)CN)c2cc1C. The second-order valence-electron chi connectivity index (χ2n) is 6.32. The van der Waals surface area contributed by atoms with Crippen LogP contribution in [0.4, 0.5) is 0 Å². The Hall–Kier alpha value is -2.33. The summed E-state index contributed by atoms with van der Waals surface area (Å²) in [5.41, 5.74) is 10.7. The number of para-hydroxylation sites is 1. The van der Waals surface area contributed by atoms with Crippen LogP contribution in [0.1, 0.15) is 29.9 Å². The van der Waals surface area contributed by atoms with Crippen LogP contribution in [0.15, 0.2) is 42.5 Å². The van der Waals surface area contributed by atoms with Gasteiger partial charge in [0.1, 0.15) is 11.6 Å². The first kappa shape index (κ1) is 16.5. The Morgan fingerprint density at radius 3 is 2.54 bits per heavy atom. The molecule has 3 aromatic rings. The van der Waals surface area contributed by atoms with Gasteiger partial charge in [0.05, 0.1) is 17.6 Å². The standard InChI is InChI=1S/C20H25N3O/c1-14-11-18-19(12-15(14)2)23(16(3)13-21)20(22-18)9-10-24-17-7-5-4-6-8-17/h4-8,11-12,16H,9-10,13,21H2,1-3H3. The van der Waals surface area contributed by atoms with E-state index in [0.717, 1.165) is 29.0 Å². The molecule has 0 fully saturated rings. The van der Waals surface area contributed by atoms with Gasteiger partial charge in [-0.05, 0) is 56.2 Å². The normalized spacial score (nSPS) is 12.5. The van der Waals surface area contributed by atoms with Crippen LogP contribution in [0, 0.1) is 13.8 Å². The highest BCUT2D eigenvalue weighted by molar-refractivity contribution is 5.78. The van der Waals surface area contributed by atoms with Crippen molar-refractivity contribution in [1.29, 1.82) is 0 Å². The van der Waals surface area contributed by atoms with Crippen LogP contribution in [0.2, 0.25) is 0 Å². The second-order valence-corrected chi connectivity index (χ2v) is 6.32. The van der Waals surface area contributed by atoms with Crippen LogP contribution in [-0.2, 0) is 6.42 Å². The Labute approximate surface area is 143 Å². The summed E-state index contributed by atoms with van der Waals surface area (Å²) in [6.07, 6.45) is 0.756. The number of fused-ring (bicyclic) bond motifs is 1. The van der Waals surface area contributed by atoms with Crippen molar-refractivity contribution < 1.29 is 4.74 Å². The van der Waals surface area contributed by atoms with E-state index in [4.69, 9.17) is 15.5 Å². The van der Waals surface area contributed by atoms with Gasteiger partial charge in [0.25, 0.3) is 0 Å². The molecule has 0 saturated carbocycles. The molecule has 0 aliphatic carbocycles. The van der Waals surface area contributed by atoms with Crippen LogP contribution < -0.4 is 10.5 Å². The van der Waals surface area contributed by atoms with Gasteiger partial charge in [-0.3, -0.25) is 0 Å². The molecule has 0 spiro atoms. The number of aromatic nitrogens is 2. The molecule has 0 amide bonds. The van der Waals surface area contributed by atoms with E-state index in [-0.39, 0.29) is 6.04 Å². The highest BCUT2D eigenvalue weighted by Gasteiger charge is 2.16. The van der Waals surface area contributed by atoms with Gasteiger partial charge in [0, 0.05) is 19.0 Å². The zero-order chi connectivity index (χ0) is 17.1. The number of imidazole rings is 1. The lowest BCUT2D eigenvalue weighted by Crippen LogP contribution is -2.19. The van der Waals surface area contributed by atoms with Gasteiger partial charge >= 0.3 is 0 Å². The van der Waals surface area contributed by atoms with Crippen LogP contribution >= 0.6 is 0 Å². The minimum absolute atomic E-state index is 0.212. The minimum atomic E-state index is 0.212. The van der Waals surface area contributed by atoms with Gasteiger partial charge in [-0.1, -0.05) is 18.2 Å². The largest absolute Gasteiger partial charge is 0.493 e. The van der Waals surface area contributed by atoms with Gasteiger partial charge in [-0.25, -0.2) is 4.98 Å². The van der Waals surface area contributed by atoms with E-state index < -0.39 is 0 Å². The molecule has 0 aliphatic rings. The number of rotatable bonds is 6. The quantitative estimate of drug-likeness (QED) is 0.751. The van der Waals surface area contributed by atoms with Crippen LogP contribution in [0.25, 0.3) is 11.0 Å². The third-order valence-electron chi connectivity index (χ3n) is 4.50. The van der Waals surface area contributed by atoms with E-state index in [0.29, 0.717) is 13.2 Å². The minimum Gasteiger partial charge on any atom is -0.493 e. The molecule has 0 aliphatic heterocycles.